The molecule has 0 aromatic carbocycles. The second kappa shape index (κ2) is 3.09. The van der Waals surface area contributed by atoms with Crippen molar-refractivity contribution >= 4 is 0 Å². The fourth-order valence-electron chi connectivity index (χ4n) is 4.59. The van der Waals surface area contributed by atoms with Crippen molar-refractivity contribution in [2.75, 3.05) is 20.3 Å². The Morgan fingerprint density at radius 3 is 3.25 bits per heavy atom. The zero-order valence-electron chi connectivity index (χ0n) is 9.76. The summed E-state index contributed by atoms with van der Waals surface area (Å²) in [6.07, 6.45) is 9.04. The molecule has 2 aliphatic heterocycles. The number of nitrogens with zero attached hydrogens (tertiary/aromatic N) is 1. The third-order valence-corrected chi connectivity index (χ3v) is 5.24. The number of ether oxygens (including phenoxy) is 1. The Kier molecular flexibility index (Phi) is 1.86. The summed E-state index contributed by atoms with van der Waals surface area (Å²) in [4.78, 5) is 6.11. The van der Waals surface area contributed by atoms with Crippen LogP contribution in [0.2, 0.25) is 0 Å². The molecule has 1 spiro atoms. The number of hydrogen-bond acceptors (Lipinski definition) is 3. The van der Waals surface area contributed by atoms with E-state index in [1.807, 2.05) is 0 Å². The van der Waals surface area contributed by atoms with Gasteiger partial charge >= 0.3 is 0 Å². The summed E-state index contributed by atoms with van der Waals surface area (Å²) in [5.74, 6) is 1.40. The van der Waals surface area contributed by atoms with Gasteiger partial charge in [0.1, 0.15) is 0 Å². The highest BCUT2D eigenvalue weighted by atomic mass is 16.7. The standard InChI is InChI=1S/C13H19NO2/c1-14-11-8-15-6-2-5-13(11)10-4-3-9(7-10)12(13)16-14/h3-4,9-12H,2,5-8H2,1H3. The third-order valence-electron chi connectivity index (χ3n) is 5.24. The minimum atomic E-state index is 0.366. The van der Waals surface area contributed by atoms with Crippen LogP contribution in [0.25, 0.3) is 0 Å². The van der Waals surface area contributed by atoms with Crippen LogP contribution in [0.5, 0.6) is 0 Å². The molecule has 3 fully saturated rings. The van der Waals surface area contributed by atoms with E-state index in [9.17, 15) is 0 Å². The molecule has 2 saturated heterocycles. The van der Waals surface area contributed by atoms with Crippen LogP contribution in [-0.4, -0.2) is 37.5 Å². The number of hydrogen-bond donors (Lipinski definition) is 0. The van der Waals surface area contributed by atoms with Crippen LogP contribution in [0.1, 0.15) is 19.3 Å². The highest BCUT2D eigenvalue weighted by Crippen LogP contribution is 2.62. The lowest BCUT2D eigenvalue weighted by Crippen LogP contribution is -2.46. The molecule has 1 saturated carbocycles. The summed E-state index contributed by atoms with van der Waals surface area (Å²) in [5.41, 5.74) is 0.366. The van der Waals surface area contributed by atoms with Crippen molar-refractivity contribution < 1.29 is 9.57 Å². The van der Waals surface area contributed by atoms with E-state index in [1.54, 1.807) is 0 Å². The molecule has 3 nitrogen and oxygen atoms in total. The molecule has 2 bridgehead atoms. The molecule has 16 heavy (non-hydrogen) atoms. The van der Waals surface area contributed by atoms with E-state index in [1.165, 1.54) is 19.3 Å². The summed E-state index contributed by atoms with van der Waals surface area (Å²) < 4.78 is 5.74. The summed E-state index contributed by atoms with van der Waals surface area (Å²) in [7, 11) is 2.08. The van der Waals surface area contributed by atoms with E-state index >= 15 is 0 Å². The van der Waals surface area contributed by atoms with Crippen molar-refractivity contribution in [2.24, 2.45) is 17.3 Å². The van der Waals surface area contributed by atoms with Gasteiger partial charge in [-0.25, -0.2) is 0 Å². The predicted molar refractivity (Wildman–Crippen MR) is 59.6 cm³/mol. The number of hydroxylamine groups is 2. The highest BCUT2D eigenvalue weighted by molar-refractivity contribution is 5.24. The molecule has 0 aromatic heterocycles. The van der Waals surface area contributed by atoms with E-state index in [0.29, 0.717) is 23.5 Å². The van der Waals surface area contributed by atoms with Crippen LogP contribution in [0.4, 0.5) is 0 Å². The first-order valence-electron chi connectivity index (χ1n) is 6.48. The number of allylic oxidation sites excluding steroid dienone is 1. The van der Waals surface area contributed by atoms with E-state index in [-0.39, 0.29) is 0 Å². The average Bonchev–Trinajstić information content (AvgIpc) is 2.86. The van der Waals surface area contributed by atoms with Crippen molar-refractivity contribution in [3.8, 4) is 0 Å². The lowest BCUT2D eigenvalue weighted by molar-refractivity contribution is -0.159. The molecule has 2 aliphatic carbocycles. The molecule has 88 valence electrons. The van der Waals surface area contributed by atoms with Gasteiger partial charge in [0.25, 0.3) is 0 Å². The Labute approximate surface area is 96.3 Å². The molecule has 4 rings (SSSR count). The summed E-state index contributed by atoms with van der Waals surface area (Å²) in [6.45, 7) is 1.78. The van der Waals surface area contributed by atoms with Gasteiger partial charge in [-0.2, -0.15) is 5.06 Å². The lowest BCUT2D eigenvalue weighted by atomic mass is 9.67. The first kappa shape index (κ1) is 9.63. The molecular formula is C13H19NO2. The summed E-state index contributed by atoms with van der Waals surface area (Å²) in [6, 6.07) is 0.472. The number of rotatable bonds is 0. The molecule has 5 unspecified atom stereocenters. The Balaban J connectivity index is 1.80. The monoisotopic (exact) mass is 221 g/mol. The van der Waals surface area contributed by atoms with Gasteiger partial charge in [0.15, 0.2) is 0 Å². The number of fused-ring (bicyclic) bond motifs is 3. The van der Waals surface area contributed by atoms with Gasteiger partial charge in [0.05, 0.1) is 18.8 Å². The van der Waals surface area contributed by atoms with Crippen LogP contribution in [0.3, 0.4) is 0 Å². The van der Waals surface area contributed by atoms with Gasteiger partial charge in [0.2, 0.25) is 0 Å². The van der Waals surface area contributed by atoms with Crippen LogP contribution in [0.15, 0.2) is 12.2 Å². The Bertz CT molecular complexity index is 343. The lowest BCUT2D eigenvalue weighted by Gasteiger charge is -2.38. The minimum Gasteiger partial charge on any atom is -0.380 e. The van der Waals surface area contributed by atoms with Gasteiger partial charge in [-0.05, 0) is 25.2 Å². The first-order chi connectivity index (χ1) is 7.82. The first-order valence-corrected chi connectivity index (χ1v) is 6.48. The van der Waals surface area contributed by atoms with Crippen LogP contribution in [0, 0.1) is 17.3 Å². The van der Waals surface area contributed by atoms with Gasteiger partial charge in [-0.1, -0.05) is 12.2 Å². The molecule has 3 heteroatoms. The van der Waals surface area contributed by atoms with Crippen molar-refractivity contribution in [1.29, 1.82) is 0 Å². The zero-order chi connectivity index (χ0) is 10.8. The number of likely N-dealkylation sites (N-methyl/N-ethyl adjacent to an activating group) is 1. The Morgan fingerprint density at radius 1 is 1.38 bits per heavy atom. The molecule has 5 atom stereocenters. The maximum Gasteiger partial charge on any atom is 0.0934 e. The smallest absolute Gasteiger partial charge is 0.0934 e. The highest BCUT2D eigenvalue weighted by Gasteiger charge is 2.65. The van der Waals surface area contributed by atoms with Gasteiger partial charge in [0, 0.05) is 25.0 Å². The molecule has 0 aromatic rings. The third kappa shape index (κ3) is 0.957. The van der Waals surface area contributed by atoms with Crippen LogP contribution < -0.4 is 0 Å². The molecule has 0 radical (unpaired) electrons. The van der Waals surface area contributed by atoms with E-state index in [2.05, 4.69) is 24.3 Å². The van der Waals surface area contributed by atoms with E-state index in [4.69, 9.17) is 9.57 Å². The topological polar surface area (TPSA) is 21.7 Å². The van der Waals surface area contributed by atoms with Crippen molar-refractivity contribution in [3.05, 3.63) is 12.2 Å². The molecule has 0 amide bonds. The van der Waals surface area contributed by atoms with Crippen molar-refractivity contribution in [3.63, 3.8) is 0 Å². The average molecular weight is 221 g/mol. The van der Waals surface area contributed by atoms with E-state index < -0.39 is 0 Å². The van der Waals surface area contributed by atoms with E-state index in [0.717, 1.165) is 19.1 Å². The molecule has 4 aliphatic rings. The maximum atomic E-state index is 6.11. The van der Waals surface area contributed by atoms with Gasteiger partial charge in [-0.3, -0.25) is 4.84 Å². The largest absolute Gasteiger partial charge is 0.380 e. The SMILES string of the molecule is CN1OC2C3C=CC(C3)C23CCCOCC13. The van der Waals surface area contributed by atoms with Crippen LogP contribution in [-0.2, 0) is 9.57 Å². The van der Waals surface area contributed by atoms with Crippen molar-refractivity contribution in [1.82, 2.24) is 5.06 Å². The normalized spacial score (nSPS) is 55.1. The zero-order valence-corrected chi connectivity index (χ0v) is 9.76. The maximum absolute atomic E-state index is 6.11. The van der Waals surface area contributed by atoms with Gasteiger partial charge < -0.3 is 4.74 Å². The second-order valence-electron chi connectivity index (χ2n) is 5.77. The molecule has 2 heterocycles. The van der Waals surface area contributed by atoms with Crippen molar-refractivity contribution in [2.45, 2.75) is 31.4 Å². The summed E-state index contributed by atoms with van der Waals surface area (Å²) in [5, 5.41) is 2.09. The Morgan fingerprint density at radius 2 is 2.31 bits per heavy atom. The summed E-state index contributed by atoms with van der Waals surface area (Å²) >= 11 is 0. The quantitative estimate of drug-likeness (QED) is 0.580. The fourth-order valence-corrected chi connectivity index (χ4v) is 4.59. The fraction of sp³-hybridized carbons (Fsp3) is 0.846. The van der Waals surface area contributed by atoms with Gasteiger partial charge in [-0.15, -0.1) is 0 Å². The molecular weight excluding hydrogens is 202 g/mol. The molecule has 0 N–H and O–H groups in total. The minimum absolute atomic E-state index is 0.366. The predicted octanol–water partition coefficient (Wildman–Crippen LogP) is 1.60. The van der Waals surface area contributed by atoms with Crippen LogP contribution >= 0.6 is 0 Å². The second-order valence-corrected chi connectivity index (χ2v) is 5.77. The Hall–Kier alpha value is -0.380.